The van der Waals surface area contributed by atoms with Gasteiger partial charge in [0, 0.05) is 24.1 Å². The summed E-state index contributed by atoms with van der Waals surface area (Å²) in [7, 11) is 0. The van der Waals surface area contributed by atoms with E-state index in [9.17, 15) is 4.79 Å². The van der Waals surface area contributed by atoms with E-state index in [-0.39, 0.29) is 5.91 Å². The van der Waals surface area contributed by atoms with E-state index >= 15 is 0 Å². The van der Waals surface area contributed by atoms with Crippen LogP contribution in [0.25, 0.3) is 0 Å². The van der Waals surface area contributed by atoms with Crippen molar-refractivity contribution in [3.63, 3.8) is 0 Å². The van der Waals surface area contributed by atoms with Crippen molar-refractivity contribution >= 4 is 21.8 Å². The fourth-order valence-corrected chi connectivity index (χ4v) is 2.43. The average molecular weight is 269 g/mol. The van der Waals surface area contributed by atoms with E-state index in [1.54, 1.807) is 12.3 Å². The van der Waals surface area contributed by atoms with E-state index in [4.69, 9.17) is 0 Å². The molecule has 3 nitrogen and oxygen atoms in total. The number of alkyl halides is 1. The van der Waals surface area contributed by atoms with Crippen molar-refractivity contribution in [1.82, 2.24) is 9.88 Å². The lowest BCUT2D eigenvalue weighted by Crippen LogP contribution is -2.40. The van der Waals surface area contributed by atoms with Gasteiger partial charge in [-0.1, -0.05) is 22.0 Å². The van der Waals surface area contributed by atoms with E-state index in [1.165, 1.54) is 0 Å². The molecule has 1 amide bonds. The normalized spacial score (nSPS) is 21.4. The third-order valence-electron chi connectivity index (χ3n) is 2.54. The van der Waals surface area contributed by atoms with Crippen molar-refractivity contribution in [2.45, 2.75) is 17.7 Å². The highest BCUT2D eigenvalue weighted by molar-refractivity contribution is 9.09. The summed E-state index contributed by atoms with van der Waals surface area (Å²) in [6, 6.07) is 5.43. The zero-order chi connectivity index (χ0) is 10.7. The van der Waals surface area contributed by atoms with Crippen LogP contribution in [0, 0.1) is 0 Å². The molecule has 0 bridgehead atoms. The van der Waals surface area contributed by atoms with Crippen LogP contribution in [-0.2, 0) is 0 Å². The van der Waals surface area contributed by atoms with E-state index in [0.717, 1.165) is 25.9 Å². The van der Waals surface area contributed by atoms with Crippen LogP contribution in [0.4, 0.5) is 0 Å². The van der Waals surface area contributed by atoms with Crippen LogP contribution >= 0.6 is 15.9 Å². The molecule has 0 aliphatic carbocycles. The van der Waals surface area contributed by atoms with Crippen LogP contribution in [-0.4, -0.2) is 33.7 Å². The summed E-state index contributed by atoms with van der Waals surface area (Å²) in [5.41, 5.74) is 0.541. The van der Waals surface area contributed by atoms with Crippen molar-refractivity contribution in [1.29, 1.82) is 0 Å². The minimum absolute atomic E-state index is 0.0414. The quantitative estimate of drug-likeness (QED) is 0.731. The van der Waals surface area contributed by atoms with Gasteiger partial charge in [-0.15, -0.1) is 0 Å². The molecule has 1 aliphatic heterocycles. The molecule has 80 valence electrons. The predicted octanol–water partition coefficient (Wildman–Crippen LogP) is 2.08. The first-order valence-electron chi connectivity index (χ1n) is 5.12. The van der Waals surface area contributed by atoms with Gasteiger partial charge in [0.2, 0.25) is 0 Å². The van der Waals surface area contributed by atoms with Crippen LogP contribution in [0.5, 0.6) is 0 Å². The van der Waals surface area contributed by atoms with Gasteiger partial charge in [-0.25, -0.2) is 0 Å². The molecule has 1 aromatic heterocycles. The van der Waals surface area contributed by atoms with Crippen molar-refractivity contribution in [2.75, 3.05) is 13.1 Å². The van der Waals surface area contributed by atoms with Crippen molar-refractivity contribution in [2.24, 2.45) is 0 Å². The summed E-state index contributed by atoms with van der Waals surface area (Å²) in [6.45, 7) is 1.63. The van der Waals surface area contributed by atoms with Crippen molar-refractivity contribution < 1.29 is 4.79 Å². The first-order valence-corrected chi connectivity index (χ1v) is 6.03. The Morgan fingerprint density at radius 1 is 1.53 bits per heavy atom. The van der Waals surface area contributed by atoms with Gasteiger partial charge in [0.25, 0.3) is 5.91 Å². The van der Waals surface area contributed by atoms with Crippen LogP contribution in [0.3, 0.4) is 0 Å². The minimum atomic E-state index is 0.0414. The fourth-order valence-electron chi connectivity index (χ4n) is 1.76. The minimum Gasteiger partial charge on any atom is -0.336 e. The SMILES string of the molecule is O=C(c1ccccn1)N1CCCC(Br)C1. The maximum absolute atomic E-state index is 12.0. The van der Waals surface area contributed by atoms with E-state index in [1.807, 2.05) is 17.0 Å². The van der Waals surface area contributed by atoms with Gasteiger partial charge in [0.15, 0.2) is 0 Å². The van der Waals surface area contributed by atoms with Gasteiger partial charge in [0.1, 0.15) is 5.69 Å². The lowest BCUT2D eigenvalue weighted by Gasteiger charge is -2.29. The number of aromatic nitrogens is 1. The number of carbonyl (C=O) groups is 1. The van der Waals surface area contributed by atoms with Crippen molar-refractivity contribution in [3.8, 4) is 0 Å². The summed E-state index contributed by atoms with van der Waals surface area (Å²) < 4.78 is 0. The fraction of sp³-hybridized carbons (Fsp3) is 0.455. The van der Waals surface area contributed by atoms with Crippen LogP contribution in [0.15, 0.2) is 24.4 Å². The van der Waals surface area contributed by atoms with Gasteiger partial charge in [-0.05, 0) is 25.0 Å². The molecule has 0 radical (unpaired) electrons. The van der Waals surface area contributed by atoms with Gasteiger partial charge in [-0.3, -0.25) is 9.78 Å². The molecule has 0 N–H and O–H groups in total. The number of hydrogen-bond acceptors (Lipinski definition) is 2. The molecule has 1 aliphatic rings. The average Bonchev–Trinajstić information content (AvgIpc) is 2.29. The van der Waals surface area contributed by atoms with E-state index in [2.05, 4.69) is 20.9 Å². The van der Waals surface area contributed by atoms with E-state index in [0.29, 0.717) is 10.5 Å². The number of hydrogen-bond donors (Lipinski definition) is 0. The standard InChI is InChI=1S/C11H13BrN2O/c12-9-4-3-7-14(8-9)11(15)10-5-1-2-6-13-10/h1-2,5-6,9H,3-4,7-8H2. The largest absolute Gasteiger partial charge is 0.336 e. The Balaban J connectivity index is 2.08. The Morgan fingerprint density at radius 3 is 3.07 bits per heavy atom. The molecule has 15 heavy (non-hydrogen) atoms. The molecule has 1 unspecified atom stereocenters. The molecule has 0 spiro atoms. The highest BCUT2D eigenvalue weighted by atomic mass is 79.9. The molecule has 1 saturated heterocycles. The smallest absolute Gasteiger partial charge is 0.272 e. The van der Waals surface area contributed by atoms with Gasteiger partial charge in [0.05, 0.1) is 0 Å². The third kappa shape index (κ3) is 2.56. The zero-order valence-electron chi connectivity index (χ0n) is 8.40. The topological polar surface area (TPSA) is 33.2 Å². The van der Waals surface area contributed by atoms with Crippen LogP contribution in [0.1, 0.15) is 23.3 Å². The van der Waals surface area contributed by atoms with Gasteiger partial charge in [-0.2, -0.15) is 0 Å². The Kier molecular flexibility index (Phi) is 3.36. The lowest BCUT2D eigenvalue weighted by molar-refractivity contribution is 0.0724. The molecule has 0 aromatic carbocycles. The maximum Gasteiger partial charge on any atom is 0.272 e. The molecular formula is C11H13BrN2O. The molecule has 2 heterocycles. The Bertz CT molecular complexity index is 342. The number of carbonyl (C=O) groups excluding carboxylic acids is 1. The second-order valence-electron chi connectivity index (χ2n) is 3.71. The molecular weight excluding hydrogens is 256 g/mol. The van der Waals surface area contributed by atoms with E-state index < -0.39 is 0 Å². The number of nitrogens with zero attached hydrogens (tertiary/aromatic N) is 2. The lowest BCUT2D eigenvalue weighted by atomic mass is 10.1. The number of likely N-dealkylation sites (tertiary alicyclic amines) is 1. The first-order chi connectivity index (χ1) is 7.27. The molecule has 0 saturated carbocycles. The van der Waals surface area contributed by atoms with Crippen molar-refractivity contribution in [3.05, 3.63) is 30.1 Å². The monoisotopic (exact) mass is 268 g/mol. The second-order valence-corrected chi connectivity index (χ2v) is 5.00. The Labute approximate surface area is 97.6 Å². The Morgan fingerprint density at radius 2 is 2.40 bits per heavy atom. The zero-order valence-corrected chi connectivity index (χ0v) is 9.98. The summed E-state index contributed by atoms with van der Waals surface area (Å²) >= 11 is 3.56. The van der Waals surface area contributed by atoms with Gasteiger partial charge >= 0.3 is 0 Å². The second kappa shape index (κ2) is 4.75. The molecule has 1 aromatic rings. The summed E-state index contributed by atoms with van der Waals surface area (Å²) in [5.74, 6) is 0.0414. The number of pyridine rings is 1. The molecule has 1 atom stereocenters. The summed E-state index contributed by atoms with van der Waals surface area (Å²) in [4.78, 5) is 18.4. The van der Waals surface area contributed by atoms with Crippen LogP contribution in [0.2, 0.25) is 0 Å². The first kappa shape index (κ1) is 10.6. The highest BCUT2D eigenvalue weighted by Crippen LogP contribution is 2.18. The molecule has 1 fully saturated rings. The third-order valence-corrected chi connectivity index (χ3v) is 3.28. The predicted molar refractivity (Wildman–Crippen MR) is 62.1 cm³/mol. The maximum atomic E-state index is 12.0. The number of piperidine rings is 1. The Hall–Kier alpha value is -0.900. The molecule has 2 rings (SSSR count). The number of halogens is 1. The van der Waals surface area contributed by atoms with Crippen LogP contribution < -0.4 is 0 Å². The summed E-state index contributed by atoms with van der Waals surface area (Å²) in [5, 5.41) is 0. The number of rotatable bonds is 1. The van der Waals surface area contributed by atoms with Gasteiger partial charge < -0.3 is 4.90 Å². The molecule has 4 heteroatoms. The number of amides is 1. The highest BCUT2D eigenvalue weighted by Gasteiger charge is 2.23. The summed E-state index contributed by atoms with van der Waals surface area (Å²) in [6.07, 6.45) is 3.86.